The molecule has 7 nitrogen and oxygen atoms in total. The van der Waals surface area contributed by atoms with Crippen molar-refractivity contribution in [3.63, 3.8) is 0 Å². The smallest absolute Gasteiger partial charge is 0.418 e. The Morgan fingerprint density at radius 1 is 1.23 bits per heavy atom. The summed E-state index contributed by atoms with van der Waals surface area (Å²) in [7, 11) is 0. The second kappa shape index (κ2) is 7.69. The van der Waals surface area contributed by atoms with Gasteiger partial charge in [-0.25, -0.2) is 4.68 Å². The lowest BCUT2D eigenvalue weighted by Crippen LogP contribution is -2.35. The molecule has 3 rings (SSSR count). The minimum Gasteiger partial charge on any atom is -0.466 e. The van der Waals surface area contributed by atoms with Crippen LogP contribution in [0.3, 0.4) is 0 Å². The first-order chi connectivity index (χ1) is 14.0. The van der Waals surface area contributed by atoms with Gasteiger partial charge in [-0.2, -0.15) is 18.3 Å². The van der Waals surface area contributed by atoms with Gasteiger partial charge in [0.15, 0.2) is 0 Å². The van der Waals surface area contributed by atoms with Gasteiger partial charge < -0.3 is 15.5 Å². The number of para-hydroxylation sites is 1. The summed E-state index contributed by atoms with van der Waals surface area (Å²) in [4.78, 5) is 25.1. The maximum atomic E-state index is 13.2. The number of nitrogens with two attached hydrogens (primary N) is 1. The molecule has 3 N–H and O–H groups in total. The second-order valence-electron chi connectivity index (χ2n) is 6.77. The number of carbonyl (C=O) groups is 1. The SMILES string of the molecule is Cc1cc(-c2cc(N)c(=O)n(C(C)C(=O)Nc3ccccc3C(F)(F)F)n2)c(C)o1. The Hall–Kier alpha value is -3.56. The maximum Gasteiger partial charge on any atom is 0.418 e. The van der Waals surface area contributed by atoms with Crippen molar-refractivity contribution in [1.29, 1.82) is 0 Å². The van der Waals surface area contributed by atoms with Gasteiger partial charge in [0, 0.05) is 5.56 Å². The number of nitrogens with zero attached hydrogens (tertiary/aromatic N) is 2. The lowest BCUT2D eigenvalue weighted by molar-refractivity contribution is -0.137. The van der Waals surface area contributed by atoms with Crippen LogP contribution in [0.15, 0.2) is 45.6 Å². The molecule has 0 radical (unpaired) electrons. The van der Waals surface area contributed by atoms with Gasteiger partial charge in [-0.05, 0) is 45.0 Å². The van der Waals surface area contributed by atoms with E-state index in [9.17, 15) is 22.8 Å². The number of nitrogen functional groups attached to an aromatic ring is 1. The van der Waals surface area contributed by atoms with E-state index in [-0.39, 0.29) is 5.69 Å². The van der Waals surface area contributed by atoms with E-state index in [1.807, 2.05) is 0 Å². The number of hydrogen-bond donors (Lipinski definition) is 2. The third kappa shape index (κ3) is 4.07. The summed E-state index contributed by atoms with van der Waals surface area (Å²) in [5, 5.41) is 6.41. The number of aryl methyl sites for hydroxylation is 2. The van der Waals surface area contributed by atoms with Crippen molar-refractivity contribution in [1.82, 2.24) is 9.78 Å². The highest BCUT2D eigenvalue weighted by atomic mass is 19.4. The van der Waals surface area contributed by atoms with E-state index in [0.717, 1.165) is 16.8 Å². The molecule has 2 heterocycles. The summed E-state index contributed by atoms with van der Waals surface area (Å²) in [5.74, 6) is 0.314. The second-order valence-corrected chi connectivity index (χ2v) is 6.77. The molecule has 0 bridgehead atoms. The molecule has 0 saturated carbocycles. The van der Waals surface area contributed by atoms with Gasteiger partial charge in [0.1, 0.15) is 23.2 Å². The van der Waals surface area contributed by atoms with Crippen molar-refractivity contribution in [2.45, 2.75) is 33.0 Å². The Morgan fingerprint density at radius 2 is 1.90 bits per heavy atom. The van der Waals surface area contributed by atoms with E-state index in [1.165, 1.54) is 25.1 Å². The highest BCUT2D eigenvalue weighted by Crippen LogP contribution is 2.34. The topological polar surface area (TPSA) is 103 Å². The molecule has 2 aromatic heterocycles. The van der Waals surface area contributed by atoms with E-state index in [1.54, 1.807) is 19.9 Å². The zero-order chi connectivity index (χ0) is 22.2. The maximum absolute atomic E-state index is 13.2. The molecular formula is C20H19F3N4O3. The number of hydrogen-bond acceptors (Lipinski definition) is 5. The van der Waals surface area contributed by atoms with Crippen LogP contribution in [0.25, 0.3) is 11.3 Å². The average molecular weight is 420 g/mol. The van der Waals surface area contributed by atoms with Crippen LogP contribution in [0.5, 0.6) is 0 Å². The summed E-state index contributed by atoms with van der Waals surface area (Å²) >= 11 is 0. The van der Waals surface area contributed by atoms with Crippen molar-refractivity contribution >= 4 is 17.3 Å². The van der Waals surface area contributed by atoms with Gasteiger partial charge in [-0.3, -0.25) is 9.59 Å². The Kier molecular flexibility index (Phi) is 5.43. The monoisotopic (exact) mass is 420 g/mol. The first kappa shape index (κ1) is 21.2. The Morgan fingerprint density at radius 3 is 2.50 bits per heavy atom. The molecule has 0 aliphatic carbocycles. The van der Waals surface area contributed by atoms with Gasteiger partial charge in [0.2, 0.25) is 5.91 Å². The number of nitrogens with one attached hydrogen (secondary N) is 1. The zero-order valence-corrected chi connectivity index (χ0v) is 16.4. The van der Waals surface area contributed by atoms with Crippen molar-refractivity contribution < 1.29 is 22.4 Å². The van der Waals surface area contributed by atoms with Gasteiger partial charge in [-0.1, -0.05) is 12.1 Å². The summed E-state index contributed by atoms with van der Waals surface area (Å²) in [6, 6.07) is 6.40. The van der Waals surface area contributed by atoms with Gasteiger partial charge >= 0.3 is 6.18 Å². The van der Waals surface area contributed by atoms with E-state index < -0.39 is 34.9 Å². The highest BCUT2D eigenvalue weighted by molar-refractivity contribution is 5.94. The Labute approximate surface area is 169 Å². The Balaban J connectivity index is 1.98. The highest BCUT2D eigenvalue weighted by Gasteiger charge is 2.34. The lowest BCUT2D eigenvalue weighted by atomic mass is 10.1. The van der Waals surface area contributed by atoms with E-state index >= 15 is 0 Å². The van der Waals surface area contributed by atoms with Crippen LogP contribution in [0, 0.1) is 13.8 Å². The van der Waals surface area contributed by atoms with Crippen molar-refractivity contribution in [2.24, 2.45) is 0 Å². The number of anilines is 2. The quantitative estimate of drug-likeness (QED) is 0.666. The first-order valence-corrected chi connectivity index (χ1v) is 8.93. The molecule has 3 aromatic rings. The molecule has 1 aromatic carbocycles. The molecule has 0 saturated heterocycles. The van der Waals surface area contributed by atoms with E-state index in [4.69, 9.17) is 10.2 Å². The number of furan rings is 1. The fraction of sp³-hybridized carbons (Fsp3) is 0.250. The fourth-order valence-electron chi connectivity index (χ4n) is 3.00. The first-order valence-electron chi connectivity index (χ1n) is 8.93. The summed E-state index contributed by atoms with van der Waals surface area (Å²) in [6.07, 6.45) is -4.65. The van der Waals surface area contributed by atoms with E-state index in [2.05, 4.69) is 10.4 Å². The van der Waals surface area contributed by atoms with Crippen LogP contribution in [0.2, 0.25) is 0 Å². The van der Waals surface area contributed by atoms with Gasteiger partial charge in [0.05, 0.1) is 16.9 Å². The van der Waals surface area contributed by atoms with Crippen LogP contribution < -0.4 is 16.6 Å². The van der Waals surface area contributed by atoms with Crippen molar-refractivity contribution in [3.8, 4) is 11.3 Å². The molecule has 10 heteroatoms. The number of aromatic nitrogens is 2. The molecule has 1 unspecified atom stereocenters. The van der Waals surface area contributed by atoms with Gasteiger partial charge in [-0.15, -0.1) is 0 Å². The number of amides is 1. The third-order valence-electron chi connectivity index (χ3n) is 4.52. The van der Waals surface area contributed by atoms with Crippen molar-refractivity contribution in [2.75, 3.05) is 11.1 Å². The zero-order valence-electron chi connectivity index (χ0n) is 16.4. The Bertz CT molecular complexity index is 1160. The molecule has 158 valence electrons. The molecule has 0 aliphatic rings. The van der Waals surface area contributed by atoms with E-state index in [0.29, 0.717) is 22.8 Å². The summed E-state index contributed by atoms with van der Waals surface area (Å²) in [5.41, 5.74) is 4.39. The van der Waals surface area contributed by atoms with Crippen LogP contribution >= 0.6 is 0 Å². The molecule has 0 spiro atoms. The fourth-order valence-corrected chi connectivity index (χ4v) is 3.00. The summed E-state index contributed by atoms with van der Waals surface area (Å²) < 4.78 is 45.8. The lowest BCUT2D eigenvalue weighted by Gasteiger charge is -2.18. The summed E-state index contributed by atoms with van der Waals surface area (Å²) in [6.45, 7) is 4.79. The number of halogens is 3. The predicted molar refractivity (Wildman–Crippen MR) is 105 cm³/mol. The third-order valence-corrected chi connectivity index (χ3v) is 4.52. The van der Waals surface area contributed by atoms with Crippen molar-refractivity contribution in [3.05, 3.63) is 63.8 Å². The molecule has 0 fully saturated rings. The largest absolute Gasteiger partial charge is 0.466 e. The molecule has 1 amide bonds. The molecular weight excluding hydrogens is 401 g/mol. The molecule has 30 heavy (non-hydrogen) atoms. The standard InChI is InChI=1S/C20H19F3N4O3/c1-10-8-13(12(3)30-10)17-9-15(24)19(29)27(26-17)11(2)18(28)25-16-7-5-4-6-14(16)20(21,22)23/h4-9,11H,24H2,1-3H3,(H,25,28). The molecule has 0 aliphatic heterocycles. The van der Waals surface area contributed by atoms with Crippen LogP contribution in [0.4, 0.5) is 24.5 Å². The number of rotatable bonds is 4. The number of alkyl halides is 3. The predicted octanol–water partition coefficient (Wildman–Crippen LogP) is 3.92. The number of carbonyl (C=O) groups excluding carboxylic acids is 1. The minimum atomic E-state index is -4.65. The average Bonchev–Trinajstić information content (AvgIpc) is 3.01. The van der Waals surface area contributed by atoms with Crippen LogP contribution in [0.1, 0.15) is 30.0 Å². The van der Waals surface area contributed by atoms with Crippen LogP contribution in [-0.2, 0) is 11.0 Å². The van der Waals surface area contributed by atoms with Gasteiger partial charge in [0.25, 0.3) is 5.56 Å². The minimum absolute atomic E-state index is 0.159. The van der Waals surface area contributed by atoms with Crippen LogP contribution in [-0.4, -0.2) is 15.7 Å². The number of benzene rings is 1. The molecule has 1 atom stereocenters. The normalized spacial score (nSPS) is 12.6.